The molecule has 108 valence electrons. The van der Waals surface area contributed by atoms with Crippen molar-refractivity contribution in [2.24, 2.45) is 0 Å². The van der Waals surface area contributed by atoms with E-state index in [9.17, 15) is 9.90 Å². The molecule has 4 heteroatoms. The predicted octanol–water partition coefficient (Wildman–Crippen LogP) is 1.40. The van der Waals surface area contributed by atoms with E-state index < -0.39 is 0 Å². The number of nitrogens with zero attached hydrogens (tertiary/aromatic N) is 2. The van der Waals surface area contributed by atoms with E-state index in [4.69, 9.17) is 0 Å². The van der Waals surface area contributed by atoms with Gasteiger partial charge in [-0.15, -0.1) is 6.58 Å². The Morgan fingerprint density at radius 3 is 2.68 bits per heavy atom. The van der Waals surface area contributed by atoms with Crippen molar-refractivity contribution in [2.45, 2.75) is 50.7 Å². The number of likely N-dealkylation sites (tertiary alicyclic amines) is 2. The predicted molar refractivity (Wildman–Crippen MR) is 75.8 cm³/mol. The molecule has 0 saturated carbocycles. The van der Waals surface area contributed by atoms with E-state index in [1.165, 1.54) is 0 Å². The number of carbonyl (C=O) groups excluding carboxylic acids is 1. The summed E-state index contributed by atoms with van der Waals surface area (Å²) < 4.78 is 0. The quantitative estimate of drug-likeness (QED) is 0.739. The number of allylic oxidation sites excluding steroid dienone is 1. The summed E-state index contributed by atoms with van der Waals surface area (Å²) in [5.74, 6) is 0.337. The van der Waals surface area contributed by atoms with E-state index in [0.717, 1.165) is 64.7 Å². The molecule has 2 fully saturated rings. The fourth-order valence-electron chi connectivity index (χ4n) is 3.17. The molecule has 2 aliphatic heterocycles. The highest BCUT2D eigenvalue weighted by molar-refractivity contribution is 5.78. The van der Waals surface area contributed by atoms with Crippen molar-refractivity contribution < 1.29 is 9.90 Å². The van der Waals surface area contributed by atoms with Crippen molar-refractivity contribution in [1.29, 1.82) is 0 Å². The third-order valence-corrected chi connectivity index (χ3v) is 4.28. The largest absolute Gasteiger partial charge is 0.392 e. The molecule has 1 N–H and O–H groups in total. The van der Waals surface area contributed by atoms with Gasteiger partial charge in [-0.25, -0.2) is 0 Å². The van der Waals surface area contributed by atoms with Crippen molar-refractivity contribution in [3.8, 4) is 0 Å². The van der Waals surface area contributed by atoms with Crippen LogP contribution in [-0.4, -0.2) is 59.1 Å². The van der Waals surface area contributed by atoms with Crippen molar-refractivity contribution in [3.63, 3.8) is 0 Å². The Morgan fingerprint density at radius 1 is 1.37 bits per heavy atom. The average molecular weight is 266 g/mol. The number of aliphatic hydroxyl groups is 1. The Hall–Kier alpha value is -0.870. The first-order valence-electron chi connectivity index (χ1n) is 7.51. The fourth-order valence-corrected chi connectivity index (χ4v) is 3.17. The van der Waals surface area contributed by atoms with Crippen LogP contribution in [-0.2, 0) is 4.79 Å². The van der Waals surface area contributed by atoms with Crippen LogP contribution in [0.2, 0.25) is 0 Å². The first-order valence-corrected chi connectivity index (χ1v) is 7.51. The van der Waals surface area contributed by atoms with Gasteiger partial charge in [0.2, 0.25) is 5.91 Å². The normalized spacial score (nSPS) is 23.8. The average Bonchev–Trinajstić information content (AvgIpc) is 2.83. The molecule has 0 aromatic rings. The third-order valence-electron chi connectivity index (χ3n) is 4.28. The highest BCUT2D eigenvalue weighted by atomic mass is 16.3. The van der Waals surface area contributed by atoms with Crippen molar-refractivity contribution in [2.75, 3.05) is 26.2 Å². The molecule has 0 bridgehead atoms. The van der Waals surface area contributed by atoms with Gasteiger partial charge in [-0.1, -0.05) is 6.08 Å². The van der Waals surface area contributed by atoms with Crippen LogP contribution >= 0.6 is 0 Å². The molecule has 0 aromatic carbocycles. The van der Waals surface area contributed by atoms with Crippen molar-refractivity contribution in [3.05, 3.63) is 12.7 Å². The minimum atomic E-state index is -0.247. The summed E-state index contributed by atoms with van der Waals surface area (Å²) in [6, 6.07) is 0.441. The lowest BCUT2D eigenvalue weighted by Crippen LogP contribution is -2.47. The van der Waals surface area contributed by atoms with Gasteiger partial charge in [0.05, 0.1) is 6.10 Å². The smallest absolute Gasteiger partial charge is 0.222 e. The second kappa shape index (κ2) is 7.06. The molecule has 0 aliphatic carbocycles. The van der Waals surface area contributed by atoms with Gasteiger partial charge in [0, 0.05) is 38.6 Å². The molecule has 0 aromatic heterocycles. The number of hydrogen-bond donors (Lipinski definition) is 1. The standard InChI is InChI=1S/C15H26N2O2/c1-2-3-5-14(18)12-16-10-7-13(8-11-16)17-9-4-6-15(17)19/h2,13-14,18H,1,3-12H2/t14-/m1/s1. The Balaban J connectivity index is 1.70. The molecule has 0 spiro atoms. The third kappa shape index (κ3) is 4.05. The van der Waals surface area contributed by atoms with Gasteiger partial charge in [0.25, 0.3) is 0 Å². The first kappa shape index (κ1) is 14.5. The summed E-state index contributed by atoms with van der Waals surface area (Å²) in [5.41, 5.74) is 0. The second-order valence-corrected chi connectivity index (χ2v) is 5.74. The molecule has 0 radical (unpaired) electrons. The first-order chi connectivity index (χ1) is 9.20. The Labute approximate surface area is 116 Å². The number of carbonyl (C=O) groups is 1. The summed E-state index contributed by atoms with van der Waals surface area (Å²) in [5, 5.41) is 9.90. The zero-order valence-electron chi connectivity index (χ0n) is 11.8. The van der Waals surface area contributed by atoms with E-state index >= 15 is 0 Å². The number of piperidine rings is 1. The maximum absolute atomic E-state index is 11.7. The lowest BCUT2D eigenvalue weighted by atomic mass is 10.0. The van der Waals surface area contributed by atoms with Gasteiger partial charge in [0.1, 0.15) is 0 Å². The van der Waals surface area contributed by atoms with E-state index in [-0.39, 0.29) is 6.10 Å². The molecular formula is C15H26N2O2. The lowest BCUT2D eigenvalue weighted by Gasteiger charge is -2.37. The Morgan fingerprint density at radius 2 is 2.11 bits per heavy atom. The molecular weight excluding hydrogens is 240 g/mol. The maximum Gasteiger partial charge on any atom is 0.222 e. The van der Waals surface area contributed by atoms with Crippen LogP contribution in [0, 0.1) is 0 Å². The molecule has 2 heterocycles. The van der Waals surface area contributed by atoms with Crippen LogP contribution in [0.5, 0.6) is 0 Å². The summed E-state index contributed by atoms with van der Waals surface area (Å²) >= 11 is 0. The molecule has 0 unspecified atom stereocenters. The molecule has 19 heavy (non-hydrogen) atoms. The van der Waals surface area contributed by atoms with E-state index in [1.54, 1.807) is 0 Å². The van der Waals surface area contributed by atoms with Crippen LogP contribution in [0.1, 0.15) is 38.5 Å². The van der Waals surface area contributed by atoms with Crippen LogP contribution in [0.25, 0.3) is 0 Å². The zero-order valence-corrected chi connectivity index (χ0v) is 11.8. The van der Waals surface area contributed by atoms with Crippen molar-refractivity contribution >= 4 is 5.91 Å². The number of aliphatic hydroxyl groups excluding tert-OH is 1. The van der Waals surface area contributed by atoms with Crippen molar-refractivity contribution in [1.82, 2.24) is 9.80 Å². The summed E-state index contributed by atoms with van der Waals surface area (Å²) in [6.45, 7) is 7.39. The molecule has 2 aliphatic rings. The number of hydrogen-bond acceptors (Lipinski definition) is 3. The zero-order chi connectivity index (χ0) is 13.7. The van der Waals surface area contributed by atoms with Gasteiger partial charge < -0.3 is 14.9 Å². The topological polar surface area (TPSA) is 43.8 Å². The molecule has 4 nitrogen and oxygen atoms in total. The van der Waals surface area contributed by atoms with Crippen LogP contribution in [0.3, 0.4) is 0 Å². The molecule has 1 atom stereocenters. The SMILES string of the molecule is C=CCC[C@@H](O)CN1CCC(N2CCCC2=O)CC1. The van der Waals surface area contributed by atoms with E-state index in [2.05, 4.69) is 16.4 Å². The Bertz CT molecular complexity index is 311. The van der Waals surface area contributed by atoms with Gasteiger partial charge >= 0.3 is 0 Å². The fraction of sp³-hybridized carbons (Fsp3) is 0.800. The number of β-amino-alcohol motifs (C(OH)–C–C–N with tert-alkyl or cyclic N) is 1. The van der Waals surface area contributed by atoms with E-state index in [0.29, 0.717) is 11.9 Å². The summed E-state index contributed by atoms with van der Waals surface area (Å²) in [6.07, 6.45) is 7.16. The summed E-state index contributed by atoms with van der Waals surface area (Å²) in [7, 11) is 0. The monoisotopic (exact) mass is 266 g/mol. The van der Waals surface area contributed by atoms with Gasteiger partial charge in [-0.3, -0.25) is 4.79 Å². The molecule has 2 saturated heterocycles. The van der Waals surface area contributed by atoms with E-state index in [1.807, 2.05) is 6.08 Å². The lowest BCUT2D eigenvalue weighted by molar-refractivity contribution is -0.130. The van der Waals surface area contributed by atoms with Gasteiger partial charge in [-0.2, -0.15) is 0 Å². The van der Waals surface area contributed by atoms with Crippen LogP contribution in [0.4, 0.5) is 0 Å². The van der Waals surface area contributed by atoms with Gasteiger partial charge in [-0.05, 0) is 32.1 Å². The minimum absolute atomic E-state index is 0.247. The van der Waals surface area contributed by atoms with Gasteiger partial charge in [0.15, 0.2) is 0 Å². The second-order valence-electron chi connectivity index (χ2n) is 5.74. The minimum Gasteiger partial charge on any atom is -0.392 e. The maximum atomic E-state index is 11.7. The highest BCUT2D eigenvalue weighted by Crippen LogP contribution is 2.22. The number of rotatable bonds is 6. The molecule has 2 rings (SSSR count). The molecule has 1 amide bonds. The number of amides is 1. The van der Waals surface area contributed by atoms with Crippen LogP contribution < -0.4 is 0 Å². The highest BCUT2D eigenvalue weighted by Gasteiger charge is 2.30. The Kier molecular flexibility index (Phi) is 5.40. The summed E-state index contributed by atoms with van der Waals surface area (Å²) in [4.78, 5) is 16.1. The van der Waals surface area contributed by atoms with Crippen LogP contribution in [0.15, 0.2) is 12.7 Å².